The van der Waals surface area contributed by atoms with Gasteiger partial charge in [0.25, 0.3) is 0 Å². The zero-order valence-electron chi connectivity index (χ0n) is 11.3. The second kappa shape index (κ2) is 5.17. The van der Waals surface area contributed by atoms with Crippen LogP contribution in [0.2, 0.25) is 5.28 Å². The van der Waals surface area contributed by atoms with Crippen LogP contribution in [0.4, 0.5) is 5.82 Å². The van der Waals surface area contributed by atoms with Gasteiger partial charge in [0.05, 0.1) is 14.2 Å². The van der Waals surface area contributed by atoms with Crippen LogP contribution in [0.5, 0.6) is 11.5 Å². The third-order valence-electron chi connectivity index (χ3n) is 3.36. The monoisotopic (exact) mass is 291 g/mol. The molecule has 0 saturated carbocycles. The summed E-state index contributed by atoms with van der Waals surface area (Å²) in [6, 6.07) is 5.88. The minimum Gasteiger partial charge on any atom is -0.493 e. The number of anilines is 1. The molecule has 104 valence electrons. The lowest BCUT2D eigenvalue weighted by atomic mass is 10.1. The summed E-state index contributed by atoms with van der Waals surface area (Å²) in [6.07, 6.45) is 1.66. The predicted molar refractivity (Wildman–Crippen MR) is 76.5 cm³/mol. The van der Waals surface area contributed by atoms with E-state index in [0.717, 1.165) is 30.4 Å². The highest BCUT2D eigenvalue weighted by molar-refractivity contribution is 6.28. The smallest absolute Gasteiger partial charge is 0.224 e. The molecule has 3 rings (SSSR count). The summed E-state index contributed by atoms with van der Waals surface area (Å²) in [6.45, 7) is 1.53. The second-order valence-electron chi connectivity index (χ2n) is 4.52. The summed E-state index contributed by atoms with van der Waals surface area (Å²) >= 11 is 5.84. The van der Waals surface area contributed by atoms with Crippen molar-refractivity contribution in [1.29, 1.82) is 0 Å². The van der Waals surface area contributed by atoms with Crippen molar-refractivity contribution in [1.82, 2.24) is 9.97 Å². The fourth-order valence-electron chi connectivity index (χ4n) is 2.39. The summed E-state index contributed by atoms with van der Waals surface area (Å²) in [5.41, 5.74) is 2.41. The van der Waals surface area contributed by atoms with Crippen molar-refractivity contribution in [2.24, 2.45) is 0 Å². The van der Waals surface area contributed by atoms with Gasteiger partial charge in [0.15, 0.2) is 11.5 Å². The zero-order chi connectivity index (χ0) is 14.1. The first-order valence-electron chi connectivity index (χ1n) is 6.18. The number of benzene rings is 1. The maximum atomic E-state index is 5.84. The molecule has 0 saturated heterocycles. The Balaban J connectivity index is 1.92. The van der Waals surface area contributed by atoms with E-state index in [0.29, 0.717) is 0 Å². The Labute approximate surface area is 122 Å². The van der Waals surface area contributed by atoms with Gasteiger partial charge in [-0.3, -0.25) is 0 Å². The largest absolute Gasteiger partial charge is 0.493 e. The lowest BCUT2D eigenvalue weighted by Gasteiger charge is -2.15. The quantitative estimate of drug-likeness (QED) is 0.814. The number of hydrogen-bond donors (Lipinski definition) is 0. The summed E-state index contributed by atoms with van der Waals surface area (Å²) in [5.74, 6) is 2.31. The lowest BCUT2D eigenvalue weighted by Crippen LogP contribution is -2.16. The summed E-state index contributed by atoms with van der Waals surface area (Å²) in [5, 5.41) is 0.258. The van der Waals surface area contributed by atoms with Crippen LogP contribution in [-0.2, 0) is 13.1 Å². The van der Waals surface area contributed by atoms with Gasteiger partial charge in [-0.25, -0.2) is 9.97 Å². The van der Waals surface area contributed by atoms with Gasteiger partial charge in [-0.2, -0.15) is 0 Å². The molecule has 20 heavy (non-hydrogen) atoms. The van der Waals surface area contributed by atoms with E-state index in [1.54, 1.807) is 20.4 Å². The zero-order valence-corrected chi connectivity index (χ0v) is 12.0. The number of rotatable bonds is 3. The molecule has 5 nitrogen and oxygen atoms in total. The first kappa shape index (κ1) is 13.0. The van der Waals surface area contributed by atoms with Gasteiger partial charge in [0.2, 0.25) is 5.28 Å². The average Bonchev–Trinajstić information content (AvgIpc) is 2.88. The van der Waals surface area contributed by atoms with Crippen molar-refractivity contribution in [2.75, 3.05) is 19.1 Å². The Kier molecular flexibility index (Phi) is 3.36. The van der Waals surface area contributed by atoms with E-state index in [1.807, 2.05) is 18.2 Å². The Bertz CT molecular complexity index is 615. The topological polar surface area (TPSA) is 47.5 Å². The standard InChI is InChI=1S/C14H14ClN3O2/c1-19-11-5-9-7-18(8-10(9)6-12(11)20-2)13-3-4-16-14(15)17-13/h3-6H,7-8H2,1-2H3. The Morgan fingerprint density at radius 1 is 1.10 bits per heavy atom. The summed E-state index contributed by atoms with van der Waals surface area (Å²) in [7, 11) is 3.28. The van der Waals surface area contributed by atoms with Crippen LogP contribution in [0.15, 0.2) is 24.4 Å². The number of hydrogen-bond acceptors (Lipinski definition) is 5. The van der Waals surface area contributed by atoms with Crippen LogP contribution in [-0.4, -0.2) is 24.2 Å². The van der Waals surface area contributed by atoms with Crippen LogP contribution in [0.25, 0.3) is 0 Å². The third kappa shape index (κ3) is 2.25. The maximum Gasteiger partial charge on any atom is 0.224 e. The number of fused-ring (bicyclic) bond motifs is 1. The number of methoxy groups -OCH3 is 2. The fraction of sp³-hybridized carbons (Fsp3) is 0.286. The van der Waals surface area contributed by atoms with Crippen molar-refractivity contribution in [3.63, 3.8) is 0 Å². The van der Waals surface area contributed by atoms with E-state index in [2.05, 4.69) is 14.9 Å². The predicted octanol–water partition coefficient (Wildman–Crippen LogP) is 2.67. The molecule has 1 aliphatic rings. The lowest BCUT2D eigenvalue weighted by molar-refractivity contribution is 0.354. The van der Waals surface area contributed by atoms with Gasteiger partial charge in [0, 0.05) is 19.3 Å². The van der Waals surface area contributed by atoms with Crippen LogP contribution in [0.1, 0.15) is 11.1 Å². The molecule has 2 aromatic rings. The van der Waals surface area contributed by atoms with E-state index in [9.17, 15) is 0 Å². The van der Waals surface area contributed by atoms with Gasteiger partial charge in [-0.1, -0.05) is 0 Å². The molecule has 0 atom stereocenters. The van der Waals surface area contributed by atoms with E-state index >= 15 is 0 Å². The molecule has 0 bridgehead atoms. The van der Waals surface area contributed by atoms with Crippen LogP contribution in [0, 0.1) is 0 Å². The molecule has 6 heteroatoms. The minimum absolute atomic E-state index is 0.258. The van der Waals surface area contributed by atoms with Crippen LogP contribution < -0.4 is 14.4 Å². The molecular weight excluding hydrogens is 278 g/mol. The highest BCUT2D eigenvalue weighted by Crippen LogP contribution is 2.36. The molecule has 2 heterocycles. The summed E-state index contributed by atoms with van der Waals surface area (Å²) in [4.78, 5) is 10.3. The molecule has 1 aromatic heterocycles. The first-order valence-corrected chi connectivity index (χ1v) is 6.56. The molecular formula is C14H14ClN3O2. The number of aromatic nitrogens is 2. The van der Waals surface area contributed by atoms with Crippen molar-refractivity contribution >= 4 is 17.4 Å². The molecule has 0 spiro atoms. The Morgan fingerprint density at radius 3 is 2.20 bits per heavy atom. The molecule has 0 aliphatic carbocycles. The van der Waals surface area contributed by atoms with E-state index in [-0.39, 0.29) is 5.28 Å². The van der Waals surface area contributed by atoms with Gasteiger partial charge in [-0.05, 0) is 40.9 Å². The number of nitrogens with zero attached hydrogens (tertiary/aromatic N) is 3. The van der Waals surface area contributed by atoms with Crippen molar-refractivity contribution in [3.8, 4) is 11.5 Å². The first-order chi connectivity index (χ1) is 9.71. The Morgan fingerprint density at radius 2 is 1.70 bits per heavy atom. The van der Waals surface area contributed by atoms with Crippen molar-refractivity contribution in [3.05, 3.63) is 40.8 Å². The number of halogens is 1. The van der Waals surface area contributed by atoms with Gasteiger partial charge in [-0.15, -0.1) is 0 Å². The molecule has 0 N–H and O–H groups in total. The van der Waals surface area contributed by atoms with Crippen molar-refractivity contribution in [2.45, 2.75) is 13.1 Å². The fourth-order valence-corrected chi connectivity index (χ4v) is 2.53. The minimum atomic E-state index is 0.258. The van der Waals surface area contributed by atoms with Crippen LogP contribution in [0.3, 0.4) is 0 Å². The molecule has 1 aliphatic heterocycles. The van der Waals surface area contributed by atoms with Gasteiger partial charge < -0.3 is 14.4 Å². The molecule has 0 radical (unpaired) electrons. The maximum absolute atomic E-state index is 5.84. The van der Waals surface area contributed by atoms with E-state index in [1.165, 1.54) is 11.1 Å². The SMILES string of the molecule is COc1cc2c(cc1OC)CN(c1ccnc(Cl)n1)C2. The molecule has 1 aromatic carbocycles. The van der Waals surface area contributed by atoms with E-state index in [4.69, 9.17) is 21.1 Å². The third-order valence-corrected chi connectivity index (χ3v) is 3.55. The second-order valence-corrected chi connectivity index (χ2v) is 4.85. The molecule has 0 fully saturated rings. The molecule has 0 amide bonds. The van der Waals surface area contributed by atoms with Crippen molar-refractivity contribution < 1.29 is 9.47 Å². The molecule has 0 unspecified atom stereocenters. The Hall–Kier alpha value is -2.01. The highest BCUT2D eigenvalue weighted by atomic mass is 35.5. The summed E-state index contributed by atoms with van der Waals surface area (Å²) < 4.78 is 10.7. The number of ether oxygens (including phenoxy) is 2. The van der Waals surface area contributed by atoms with Crippen LogP contribution >= 0.6 is 11.6 Å². The average molecular weight is 292 g/mol. The van der Waals surface area contributed by atoms with Gasteiger partial charge >= 0.3 is 0 Å². The van der Waals surface area contributed by atoms with Gasteiger partial charge in [0.1, 0.15) is 5.82 Å². The normalized spacial score (nSPS) is 13.2. The highest BCUT2D eigenvalue weighted by Gasteiger charge is 2.23. The van der Waals surface area contributed by atoms with E-state index < -0.39 is 0 Å².